The Morgan fingerprint density at radius 2 is 2.06 bits per heavy atom. The molecule has 1 aromatic carbocycles. The van der Waals surface area contributed by atoms with Gasteiger partial charge in [0, 0.05) is 6.08 Å². The molecule has 0 bridgehead atoms. The van der Waals surface area contributed by atoms with Gasteiger partial charge in [0.05, 0.1) is 0 Å². The Kier molecular flexibility index (Phi) is 4.76. The molecule has 17 heavy (non-hydrogen) atoms. The first-order valence-corrected chi connectivity index (χ1v) is 5.62. The van der Waals surface area contributed by atoms with Crippen LogP contribution in [0.1, 0.15) is 32.3 Å². The van der Waals surface area contributed by atoms with E-state index < -0.39 is 5.97 Å². The van der Waals surface area contributed by atoms with Crippen LogP contribution >= 0.6 is 0 Å². The summed E-state index contributed by atoms with van der Waals surface area (Å²) in [6.45, 7) is 6.24. The molecule has 0 aliphatic heterocycles. The van der Waals surface area contributed by atoms with Gasteiger partial charge in [0.15, 0.2) is 0 Å². The van der Waals surface area contributed by atoms with E-state index in [1.165, 1.54) is 0 Å². The Morgan fingerprint density at radius 1 is 1.41 bits per heavy atom. The molecular weight excluding hydrogens is 216 g/mol. The number of hydrogen-bond acceptors (Lipinski definition) is 2. The lowest BCUT2D eigenvalue weighted by Crippen LogP contribution is -2.03. The number of para-hydroxylation sites is 1. The predicted molar refractivity (Wildman–Crippen MR) is 67.4 cm³/mol. The number of carboxylic acids is 1. The third-order valence-corrected chi connectivity index (χ3v) is 2.37. The predicted octanol–water partition coefficient (Wildman–Crippen LogP) is 3.22. The highest BCUT2D eigenvalue weighted by Gasteiger charge is 2.06. The van der Waals surface area contributed by atoms with Crippen LogP contribution in [0.4, 0.5) is 0 Å². The molecule has 1 rings (SSSR count). The number of benzene rings is 1. The number of hydrogen-bond donors (Lipinski definition) is 1. The van der Waals surface area contributed by atoms with Gasteiger partial charge in [0.25, 0.3) is 0 Å². The minimum absolute atomic E-state index is 0.302. The number of carbonyl (C=O) groups is 1. The summed E-state index contributed by atoms with van der Waals surface area (Å²) in [6.07, 6.45) is 1.16. The molecule has 0 saturated heterocycles. The normalized spacial score (nSPS) is 11.6. The summed E-state index contributed by atoms with van der Waals surface area (Å²) < 4.78 is 5.63. The summed E-state index contributed by atoms with van der Waals surface area (Å²) in [7, 11) is 0. The highest BCUT2D eigenvalue weighted by atomic mass is 16.5. The van der Waals surface area contributed by atoms with Crippen molar-refractivity contribution >= 4 is 5.97 Å². The second-order valence-electron chi connectivity index (χ2n) is 4.31. The van der Waals surface area contributed by atoms with Crippen LogP contribution in [0.15, 0.2) is 35.9 Å². The van der Waals surface area contributed by atoms with E-state index in [-0.39, 0.29) is 0 Å². The quantitative estimate of drug-likeness (QED) is 0.796. The van der Waals surface area contributed by atoms with Crippen LogP contribution in [0.25, 0.3) is 0 Å². The smallest absolute Gasteiger partial charge is 0.328 e. The molecule has 1 N–H and O–H groups in total. The van der Waals surface area contributed by atoms with Crippen LogP contribution in [0, 0.1) is 0 Å². The van der Waals surface area contributed by atoms with Crippen LogP contribution in [-0.4, -0.2) is 17.7 Å². The number of ether oxygens (including phenoxy) is 1. The molecule has 0 radical (unpaired) electrons. The first-order chi connectivity index (χ1) is 8.00. The molecule has 3 heteroatoms. The Morgan fingerprint density at radius 3 is 2.65 bits per heavy atom. The molecule has 0 amide bonds. The fraction of sp³-hybridized carbons (Fsp3) is 0.357. The summed E-state index contributed by atoms with van der Waals surface area (Å²) in [6, 6.07) is 7.82. The van der Waals surface area contributed by atoms with E-state index in [1.807, 2.05) is 24.3 Å². The van der Waals surface area contributed by atoms with Crippen molar-refractivity contribution in [3.05, 3.63) is 41.5 Å². The largest absolute Gasteiger partial charge is 0.489 e. The van der Waals surface area contributed by atoms with Gasteiger partial charge >= 0.3 is 5.97 Å². The van der Waals surface area contributed by atoms with Gasteiger partial charge < -0.3 is 9.84 Å². The molecule has 3 nitrogen and oxygen atoms in total. The third kappa shape index (κ3) is 4.31. The average molecular weight is 234 g/mol. The standard InChI is InChI=1S/C14H18O3/c1-10(2)12-6-4-5-7-13(12)17-9-11(3)8-14(15)16/h4-8,10H,9H2,1-3H3,(H,15,16). The van der Waals surface area contributed by atoms with Gasteiger partial charge in [-0.25, -0.2) is 4.79 Å². The molecule has 92 valence electrons. The van der Waals surface area contributed by atoms with Crippen molar-refractivity contribution in [3.8, 4) is 5.75 Å². The summed E-state index contributed by atoms with van der Waals surface area (Å²) >= 11 is 0. The maximum atomic E-state index is 10.5. The van der Waals surface area contributed by atoms with Crippen molar-refractivity contribution in [2.45, 2.75) is 26.7 Å². The Labute approximate surface area is 102 Å². The van der Waals surface area contributed by atoms with Gasteiger partial charge in [-0.15, -0.1) is 0 Å². The number of aliphatic carboxylic acids is 1. The first-order valence-electron chi connectivity index (χ1n) is 5.62. The highest BCUT2D eigenvalue weighted by molar-refractivity contribution is 5.80. The molecule has 0 spiro atoms. The average Bonchev–Trinajstić information content (AvgIpc) is 2.25. The van der Waals surface area contributed by atoms with Gasteiger partial charge in [-0.2, -0.15) is 0 Å². The lowest BCUT2D eigenvalue weighted by Gasteiger charge is -2.13. The first kappa shape index (κ1) is 13.3. The summed E-state index contributed by atoms with van der Waals surface area (Å²) in [5.74, 6) is 0.263. The topological polar surface area (TPSA) is 46.5 Å². The van der Waals surface area contributed by atoms with E-state index >= 15 is 0 Å². The number of rotatable bonds is 5. The molecule has 0 fully saturated rings. The molecule has 0 aliphatic carbocycles. The Bertz CT molecular complexity index is 419. The van der Waals surface area contributed by atoms with Crippen molar-refractivity contribution in [3.63, 3.8) is 0 Å². The van der Waals surface area contributed by atoms with Gasteiger partial charge in [0.1, 0.15) is 12.4 Å². The number of carboxylic acid groups (broad SMARTS) is 1. The summed E-state index contributed by atoms with van der Waals surface area (Å²) in [5, 5.41) is 8.59. The van der Waals surface area contributed by atoms with E-state index in [4.69, 9.17) is 9.84 Å². The summed E-state index contributed by atoms with van der Waals surface area (Å²) in [5.41, 5.74) is 1.83. The van der Waals surface area contributed by atoms with Crippen molar-refractivity contribution < 1.29 is 14.6 Å². The van der Waals surface area contributed by atoms with E-state index in [2.05, 4.69) is 13.8 Å². The minimum Gasteiger partial charge on any atom is -0.489 e. The van der Waals surface area contributed by atoms with Crippen molar-refractivity contribution in [2.24, 2.45) is 0 Å². The molecule has 0 aliphatic rings. The monoisotopic (exact) mass is 234 g/mol. The Balaban J connectivity index is 2.73. The summed E-state index contributed by atoms with van der Waals surface area (Å²) in [4.78, 5) is 10.5. The van der Waals surface area contributed by atoms with Gasteiger partial charge in [-0.3, -0.25) is 0 Å². The van der Waals surface area contributed by atoms with Crippen LogP contribution in [-0.2, 0) is 4.79 Å². The SMILES string of the molecule is CC(=CC(=O)O)COc1ccccc1C(C)C. The van der Waals surface area contributed by atoms with Gasteiger partial charge in [-0.05, 0) is 30.0 Å². The second kappa shape index (κ2) is 6.09. The lowest BCUT2D eigenvalue weighted by atomic mass is 10.0. The van der Waals surface area contributed by atoms with Crippen LogP contribution in [0.3, 0.4) is 0 Å². The van der Waals surface area contributed by atoms with E-state index in [9.17, 15) is 4.79 Å². The molecule has 1 aromatic rings. The zero-order chi connectivity index (χ0) is 12.8. The molecule has 0 aromatic heterocycles. The van der Waals surface area contributed by atoms with Crippen LogP contribution in [0.2, 0.25) is 0 Å². The fourth-order valence-electron chi connectivity index (χ4n) is 1.53. The van der Waals surface area contributed by atoms with E-state index in [0.717, 1.165) is 17.4 Å². The maximum Gasteiger partial charge on any atom is 0.328 e. The van der Waals surface area contributed by atoms with Crippen molar-refractivity contribution in [1.82, 2.24) is 0 Å². The fourth-order valence-corrected chi connectivity index (χ4v) is 1.53. The Hall–Kier alpha value is -1.77. The zero-order valence-corrected chi connectivity index (χ0v) is 10.4. The molecular formula is C14H18O3. The van der Waals surface area contributed by atoms with Crippen LogP contribution < -0.4 is 4.74 Å². The highest BCUT2D eigenvalue weighted by Crippen LogP contribution is 2.26. The molecule has 0 unspecified atom stereocenters. The van der Waals surface area contributed by atoms with Crippen LogP contribution in [0.5, 0.6) is 5.75 Å². The van der Waals surface area contributed by atoms with E-state index in [0.29, 0.717) is 18.1 Å². The van der Waals surface area contributed by atoms with Gasteiger partial charge in [-0.1, -0.05) is 32.0 Å². The lowest BCUT2D eigenvalue weighted by molar-refractivity contribution is -0.131. The molecule has 0 saturated carbocycles. The minimum atomic E-state index is -0.941. The van der Waals surface area contributed by atoms with Gasteiger partial charge in [0.2, 0.25) is 0 Å². The molecule has 0 heterocycles. The third-order valence-electron chi connectivity index (χ3n) is 2.37. The second-order valence-corrected chi connectivity index (χ2v) is 4.31. The van der Waals surface area contributed by atoms with Crippen molar-refractivity contribution in [1.29, 1.82) is 0 Å². The maximum absolute atomic E-state index is 10.5. The zero-order valence-electron chi connectivity index (χ0n) is 10.4. The molecule has 0 atom stereocenters. The van der Waals surface area contributed by atoms with E-state index in [1.54, 1.807) is 6.92 Å². The van der Waals surface area contributed by atoms with Crippen molar-refractivity contribution in [2.75, 3.05) is 6.61 Å².